The van der Waals surface area contributed by atoms with E-state index in [0.717, 1.165) is 15.6 Å². The van der Waals surface area contributed by atoms with Crippen molar-refractivity contribution in [3.63, 3.8) is 0 Å². The molecule has 0 aliphatic rings. The summed E-state index contributed by atoms with van der Waals surface area (Å²) in [7, 11) is 0. The van der Waals surface area contributed by atoms with Crippen LogP contribution in [-0.4, -0.2) is 4.99 Å². The highest BCUT2D eigenvalue weighted by Gasteiger charge is 2.09. The number of nitrogens with two attached hydrogens (primary N) is 1. The van der Waals surface area contributed by atoms with Crippen LogP contribution in [0.4, 0.5) is 0 Å². The van der Waals surface area contributed by atoms with Gasteiger partial charge >= 0.3 is 0 Å². The van der Waals surface area contributed by atoms with Gasteiger partial charge in [-0.25, -0.2) is 0 Å². The summed E-state index contributed by atoms with van der Waals surface area (Å²) in [5.74, 6) is 0.512. The molecule has 0 unspecified atom stereocenters. The molecule has 6 heteroatoms. The number of hydrogen-bond acceptors (Lipinski definition) is 2. The van der Waals surface area contributed by atoms with E-state index in [1.54, 1.807) is 12.1 Å². The molecule has 2 aromatic rings. The number of benzene rings is 2. The molecule has 0 atom stereocenters. The Labute approximate surface area is 141 Å². The second kappa shape index (κ2) is 6.76. The van der Waals surface area contributed by atoms with Gasteiger partial charge in [-0.15, -0.1) is 0 Å². The lowest BCUT2D eigenvalue weighted by Gasteiger charge is -2.12. The normalized spacial score (nSPS) is 10.3. The molecule has 0 amide bonds. The smallest absolute Gasteiger partial charge is 0.139 e. The van der Waals surface area contributed by atoms with Gasteiger partial charge in [0, 0.05) is 16.1 Å². The summed E-state index contributed by atoms with van der Waals surface area (Å²) in [6.07, 6.45) is 0. The van der Waals surface area contributed by atoms with Gasteiger partial charge in [0.05, 0.1) is 10.0 Å². The monoisotopic (exact) mass is 389 g/mol. The lowest BCUT2D eigenvalue weighted by atomic mass is 10.1. The molecule has 0 spiro atoms. The fraction of sp³-hybridized carbons (Fsp3) is 0.0714. The average molecular weight is 391 g/mol. The van der Waals surface area contributed by atoms with Gasteiger partial charge in [-0.05, 0) is 27.6 Å². The molecule has 2 N–H and O–H groups in total. The van der Waals surface area contributed by atoms with Crippen molar-refractivity contribution < 1.29 is 4.74 Å². The van der Waals surface area contributed by atoms with E-state index in [2.05, 4.69) is 15.9 Å². The second-order valence-corrected chi connectivity index (χ2v) is 6.12. The van der Waals surface area contributed by atoms with E-state index < -0.39 is 0 Å². The molecule has 2 rings (SSSR count). The zero-order valence-corrected chi connectivity index (χ0v) is 14.1. The lowest BCUT2D eigenvalue weighted by Crippen LogP contribution is -2.13. The number of rotatable bonds is 4. The maximum atomic E-state index is 6.11. The van der Waals surface area contributed by atoms with Crippen molar-refractivity contribution in [1.82, 2.24) is 0 Å². The van der Waals surface area contributed by atoms with Gasteiger partial charge in [-0.2, -0.15) is 0 Å². The third kappa shape index (κ3) is 3.64. The number of halogens is 3. The topological polar surface area (TPSA) is 35.2 Å². The molecule has 0 fully saturated rings. The molecule has 104 valence electrons. The molecule has 20 heavy (non-hydrogen) atoms. The van der Waals surface area contributed by atoms with Crippen LogP contribution in [0.15, 0.2) is 40.9 Å². The van der Waals surface area contributed by atoms with E-state index in [1.807, 2.05) is 24.3 Å². The van der Waals surface area contributed by atoms with Crippen LogP contribution in [0.3, 0.4) is 0 Å². The summed E-state index contributed by atoms with van der Waals surface area (Å²) in [5.41, 5.74) is 7.37. The first-order valence-electron chi connectivity index (χ1n) is 5.64. The molecule has 0 aliphatic heterocycles. The number of hydrogen-bond donors (Lipinski definition) is 1. The fourth-order valence-electron chi connectivity index (χ4n) is 1.66. The van der Waals surface area contributed by atoms with E-state index in [9.17, 15) is 0 Å². The Balaban J connectivity index is 2.21. The average Bonchev–Trinajstić information content (AvgIpc) is 2.41. The largest absolute Gasteiger partial charge is 0.487 e. The van der Waals surface area contributed by atoms with E-state index in [1.165, 1.54) is 0 Å². The number of ether oxygens (including phenoxy) is 1. The highest BCUT2D eigenvalue weighted by Crippen LogP contribution is 2.34. The van der Waals surface area contributed by atoms with E-state index in [4.69, 9.17) is 45.9 Å². The summed E-state index contributed by atoms with van der Waals surface area (Å²) < 4.78 is 6.42. The quantitative estimate of drug-likeness (QED) is 0.591. The molecular formula is C14H10BrCl2NOS. The minimum atomic E-state index is 0.311. The second-order valence-electron chi connectivity index (χ2n) is 4.01. The molecule has 0 heterocycles. The van der Waals surface area contributed by atoms with Crippen LogP contribution >= 0.6 is 51.3 Å². The van der Waals surface area contributed by atoms with Gasteiger partial charge in [-0.1, -0.05) is 59.7 Å². The molecular weight excluding hydrogens is 381 g/mol. The molecule has 0 saturated carbocycles. The van der Waals surface area contributed by atoms with Crippen LogP contribution in [0.1, 0.15) is 11.1 Å². The summed E-state index contributed by atoms with van der Waals surface area (Å²) >= 11 is 20.4. The molecule has 2 nitrogen and oxygen atoms in total. The third-order valence-corrected chi connectivity index (χ3v) is 4.35. The molecule has 2 aromatic carbocycles. The fourth-order valence-corrected chi connectivity index (χ4v) is 2.70. The standard InChI is InChI=1S/C14H10BrCl2NOS/c15-10-5-12(17)13(6-11(10)16)19-7-8-3-1-2-4-9(8)14(18)20/h1-6H,7H2,(H2,18,20). The maximum Gasteiger partial charge on any atom is 0.139 e. The first kappa shape index (κ1) is 15.6. The molecule has 0 radical (unpaired) electrons. The van der Waals surface area contributed by atoms with Crippen molar-refractivity contribution in [2.24, 2.45) is 5.73 Å². The number of thiocarbonyl (C=S) groups is 1. The first-order chi connectivity index (χ1) is 9.49. The van der Waals surface area contributed by atoms with Crippen LogP contribution in [0.5, 0.6) is 5.75 Å². The lowest BCUT2D eigenvalue weighted by molar-refractivity contribution is 0.306. The van der Waals surface area contributed by atoms with Crippen LogP contribution in [0.25, 0.3) is 0 Å². The maximum absolute atomic E-state index is 6.11. The van der Waals surface area contributed by atoms with Gasteiger partial charge in [0.1, 0.15) is 17.3 Å². The zero-order chi connectivity index (χ0) is 14.7. The van der Waals surface area contributed by atoms with Crippen LogP contribution in [0, 0.1) is 0 Å². The SMILES string of the molecule is NC(=S)c1ccccc1COc1cc(Cl)c(Br)cc1Cl. The minimum Gasteiger partial charge on any atom is -0.487 e. The molecule has 0 aliphatic carbocycles. The predicted molar refractivity (Wildman–Crippen MR) is 90.8 cm³/mol. The van der Waals surface area contributed by atoms with Gasteiger partial charge in [0.15, 0.2) is 0 Å². The van der Waals surface area contributed by atoms with Crippen molar-refractivity contribution in [2.45, 2.75) is 6.61 Å². The predicted octanol–water partition coefficient (Wildman–Crippen LogP) is 4.97. The van der Waals surface area contributed by atoms with E-state index >= 15 is 0 Å². The van der Waals surface area contributed by atoms with Crippen LogP contribution < -0.4 is 10.5 Å². The Kier molecular flexibility index (Phi) is 5.27. The third-order valence-electron chi connectivity index (χ3n) is 2.64. The van der Waals surface area contributed by atoms with Gasteiger partial charge in [-0.3, -0.25) is 0 Å². The Morgan fingerprint density at radius 1 is 1.20 bits per heavy atom. The highest BCUT2D eigenvalue weighted by molar-refractivity contribution is 9.10. The van der Waals surface area contributed by atoms with Crippen molar-refractivity contribution in [3.05, 3.63) is 62.0 Å². The summed E-state index contributed by atoms with van der Waals surface area (Å²) in [5, 5.41) is 1.01. The van der Waals surface area contributed by atoms with Crippen LogP contribution in [-0.2, 0) is 6.61 Å². The Morgan fingerprint density at radius 2 is 1.90 bits per heavy atom. The molecule has 0 bridgehead atoms. The highest BCUT2D eigenvalue weighted by atomic mass is 79.9. The van der Waals surface area contributed by atoms with Crippen molar-refractivity contribution in [1.29, 1.82) is 0 Å². The molecule has 0 saturated heterocycles. The Hall–Kier alpha value is -0.810. The van der Waals surface area contributed by atoms with E-state index in [-0.39, 0.29) is 0 Å². The Bertz CT molecular complexity index is 664. The summed E-state index contributed by atoms with van der Waals surface area (Å²) in [6.45, 7) is 0.311. The van der Waals surface area contributed by atoms with Crippen molar-refractivity contribution in [3.8, 4) is 5.75 Å². The van der Waals surface area contributed by atoms with E-state index in [0.29, 0.717) is 27.4 Å². The van der Waals surface area contributed by atoms with Crippen LogP contribution in [0.2, 0.25) is 10.0 Å². The van der Waals surface area contributed by atoms with Gasteiger partial charge in [0.2, 0.25) is 0 Å². The van der Waals surface area contributed by atoms with Crippen molar-refractivity contribution in [2.75, 3.05) is 0 Å². The summed E-state index contributed by atoms with van der Waals surface area (Å²) in [6, 6.07) is 10.9. The van der Waals surface area contributed by atoms with Gasteiger partial charge < -0.3 is 10.5 Å². The summed E-state index contributed by atoms with van der Waals surface area (Å²) in [4.78, 5) is 0.337. The zero-order valence-electron chi connectivity index (χ0n) is 10.2. The first-order valence-corrected chi connectivity index (χ1v) is 7.60. The molecule has 0 aromatic heterocycles. The minimum absolute atomic E-state index is 0.311. The van der Waals surface area contributed by atoms with Gasteiger partial charge in [0.25, 0.3) is 0 Å². The Morgan fingerprint density at radius 3 is 2.60 bits per heavy atom. The van der Waals surface area contributed by atoms with Crippen molar-refractivity contribution >= 4 is 56.3 Å².